The van der Waals surface area contributed by atoms with Gasteiger partial charge in [-0.1, -0.05) is 51.8 Å². The quantitative estimate of drug-likeness (QED) is 0.676. The highest BCUT2D eigenvalue weighted by Gasteiger charge is 2.34. The van der Waals surface area contributed by atoms with Crippen molar-refractivity contribution in [3.8, 4) is 0 Å². The molecule has 2 unspecified atom stereocenters. The average molecular weight is 248 g/mol. The SMILES string of the molecule is CC(C)(C)C1CCCCC1Sc1ccccc1. The van der Waals surface area contributed by atoms with E-state index in [2.05, 4.69) is 62.9 Å². The molecular formula is C16H24S. The normalized spacial score (nSPS) is 25.8. The Labute approximate surface area is 110 Å². The first-order chi connectivity index (χ1) is 8.07. The van der Waals surface area contributed by atoms with Gasteiger partial charge in [0.25, 0.3) is 0 Å². The van der Waals surface area contributed by atoms with E-state index in [-0.39, 0.29) is 0 Å². The predicted molar refractivity (Wildman–Crippen MR) is 77.5 cm³/mol. The van der Waals surface area contributed by atoms with Gasteiger partial charge in [-0.25, -0.2) is 0 Å². The summed E-state index contributed by atoms with van der Waals surface area (Å²) in [6, 6.07) is 10.9. The van der Waals surface area contributed by atoms with Gasteiger partial charge in [0.05, 0.1) is 0 Å². The van der Waals surface area contributed by atoms with E-state index in [1.807, 2.05) is 0 Å². The molecule has 1 heteroatoms. The van der Waals surface area contributed by atoms with E-state index in [0.29, 0.717) is 5.41 Å². The van der Waals surface area contributed by atoms with Gasteiger partial charge in [0, 0.05) is 10.1 Å². The summed E-state index contributed by atoms with van der Waals surface area (Å²) in [4.78, 5) is 1.44. The maximum atomic E-state index is 2.40. The van der Waals surface area contributed by atoms with E-state index < -0.39 is 0 Å². The third-order valence-corrected chi connectivity index (χ3v) is 5.26. The molecule has 94 valence electrons. The van der Waals surface area contributed by atoms with Crippen LogP contribution in [0.15, 0.2) is 35.2 Å². The van der Waals surface area contributed by atoms with E-state index in [0.717, 1.165) is 11.2 Å². The van der Waals surface area contributed by atoms with Gasteiger partial charge in [0.1, 0.15) is 0 Å². The molecule has 0 N–H and O–H groups in total. The van der Waals surface area contributed by atoms with Gasteiger partial charge in [-0.2, -0.15) is 0 Å². The van der Waals surface area contributed by atoms with Crippen LogP contribution in [0.2, 0.25) is 0 Å². The molecule has 0 nitrogen and oxygen atoms in total. The van der Waals surface area contributed by atoms with E-state index in [9.17, 15) is 0 Å². The van der Waals surface area contributed by atoms with Crippen LogP contribution < -0.4 is 0 Å². The smallest absolute Gasteiger partial charge is 0.0128 e. The molecule has 0 aromatic heterocycles. The minimum atomic E-state index is 0.451. The van der Waals surface area contributed by atoms with Gasteiger partial charge >= 0.3 is 0 Å². The largest absolute Gasteiger partial charge is 0.122 e. The minimum absolute atomic E-state index is 0.451. The van der Waals surface area contributed by atoms with Crippen molar-refractivity contribution in [2.24, 2.45) is 11.3 Å². The standard InChI is InChI=1S/C16H24S/c1-16(2,3)14-11-7-8-12-15(14)17-13-9-5-4-6-10-13/h4-6,9-10,14-15H,7-8,11-12H2,1-3H3. The molecule has 2 atom stereocenters. The Balaban J connectivity index is 2.07. The highest BCUT2D eigenvalue weighted by Crippen LogP contribution is 2.45. The molecule has 1 aromatic carbocycles. The highest BCUT2D eigenvalue weighted by molar-refractivity contribution is 8.00. The van der Waals surface area contributed by atoms with Gasteiger partial charge in [0.15, 0.2) is 0 Å². The summed E-state index contributed by atoms with van der Waals surface area (Å²) in [5.41, 5.74) is 0.451. The Morgan fingerprint density at radius 3 is 2.29 bits per heavy atom. The van der Waals surface area contributed by atoms with Crippen LogP contribution in [-0.2, 0) is 0 Å². The Bertz CT molecular complexity index is 336. The van der Waals surface area contributed by atoms with Crippen LogP contribution in [-0.4, -0.2) is 5.25 Å². The fourth-order valence-corrected chi connectivity index (χ4v) is 4.56. The molecule has 0 heterocycles. The van der Waals surface area contributed by atoms with Crippen LogP contribution in [0.25, 0.3) is 0 Å². The summed E-state index contributed by atoms with van der Waals surface area (Å²) in [6.07, 6.45) is 5.64. The molecule has 0 bridgehead atoms. The number of hydrogen-bond acceptors (Lipinski definition) is 1. The third-order valence-electron chi connectivity index (χ3n) is 3.85. The van der Waals surface area contributed by atoms with Crippen molar-refractivity contribution in [1.82, 2.24) is 0 Å². The van der Waals surface area contributed by atoms with Crippen LogP contribution in [0.5, 0.6) is 0 Å². The van der Waals surface area contributed by atoms with E-state index in [4.69, 9.17) is 0 Å². The Hall–Kier alpha value is -0.430. The lowest BCUT2D eigenvalue weighted by Gasteiger charge is -2.40. The Morgan fingerprint density at radius 1 is 1.00 bits per heavy atom. The average Bonchev–Trinajstić information content (AvgIpc) is 2.30. The zero-order valence-electron chi connectivity index (χ0n) is 11.3. The van der Waals surface area contributed by atoms with Gasteiger partial charge < -0.3 is 0 Å². The van der Waals surface area contributed by atoms with Crippen molar-refractivity contribution < 1.29 is 0 Å². The van der Waals surface area contributed by atoms with Crippen LogP contribution in [0.1, 0.15) is 46.5 Å². The summed E-state index contributed by atoms with van der Waals surface area (Å²) < 4.78 is 0. The lowest BCUT2D eigenvalue weighted by Crippen LogP contribution is -2.32. The monoisotopic (exact) mass is 248 g/mol. The molecule has 0 saturated heterocycles. The van der Waals surface area contributed by atoms with Gasteiger partial charge in [-0.15, -0.1) is 11.8 Å². The van der Waals surface area contributed by atoms with Crippen molar-refractivity contribution in [1.29, 1.82) is 0 Å². The fraction of sp³-hybridized carbons (Fsp3) is 0.625. The summed E-state index contributed by atoms with van der Waals surface area (Å²) >= 11 is 2.10. The van der Waals surface area contributed by atoms with Gasteiger partial charge in [-0.3, -0.25) is 0 Å². The predicted octanol–water partition coefficient (Wildman–Crippen LogP) is 5.38. The highest BCUT2D eigenvalue weighted by atomic mass is 32.2. The number of thioether (sulfide) groups is 1. The molecule has 1 aliphatic carbocycles. The van der Waals surface area contributed by atoms with Crippen LogP contribution in [0.4, 0.5) is 0 Å². The number of benzene rings is 1. The summed E-state index contributed by atoms with van der Waals surface area (Å²) in [6.45, 7) is 7.21. The molecule has 1 aromatic rings. The molecule has 1 fully saturated rings. The van der Waals surface area contributed by atoms with Crippen molar-refractivity contribution in [3.05, 3.63) is 30.3 Å². The first-order valence-corrected chi connectivity index (χ1v) is 7.67. The maximum Gasteiger partial charge on any atom is 0.0128 e. The lowest BCUT2D eigenvalue weighted by atomic mass is 9.72. The minimum Gasteiger partial charge on any atom is -0.122 e. The maximum absolute atomic E-state index is 2.40. The first-order valence-electron chi connectivity index (χ1n) is 6.79. The molecule has 0 spiro atoms. The van der Waals surface area contributed by atoms with Crippen LogP contribution in [0, 0.1) is 11.3 Å². The fourth-order valence-electron chi connectivity index (χ4n) is 2.90. The second-order valence-electron chi connectivity index (χ2n) is 6.23. The molecule has 17 heavy (non-hydrogen) atoms. The summed E-state index contributed by atoms with van der Waals surface area (Å²) in [5.74, 6) is 0.862. The molecule has 1 aliphatic rings. The van der Waals surface area contributed by atoms with Gasteiger partial charge in [-0.05, 0) is 36.3 Å². The topological polar surface area (TPSA) is 0 Å². The van der Waals surface area contributed by atoms with Crippen LogP contribution in [0.3, 0.4) is 0 Å². The zero-order valence-corrected chi connectivity index (χ0v) is 12.1. The summed E-state index contributed by atoms with van der Waals surface area (Å²) in [5, 5.41) is 0.811. The van der Waals surface area contributed by atoms with E-state index in [1.165, 1.54) is 30.6 Å². The van der Waals surface area contributed by atoms with Crippen molar-refractivity contribution in [3.63, 3.8) is 0 Å². The Morgan fingerprint density at radius 2 is 1.65 bits per heavy atom. The zero-order chi connectivity index (χ0) is 12.3. The molecule has 1 saturated carbocycles. The molecule has 0 aliphatic heterocycles. The second-order valence-corrected chi connectivity index (χ2v) is 7.54. The van der Waals surface area contributed by atoms with Crippen LogP contribution >= 0.6 is 11.8 Å². The lowest BCUT2D eigenvalue weighted by molar-refractivity contribution is 0.187. The first kappa shape index (κ1) is 13.0. The summed E-state index contributed by atoms with van der Waals surface area (Å²) in [7, 11) is 0. The second kappa shape index (κ2) is 5.48. The van der Waals surface area contributed by atoms with Gasteiger partial charge in [0.2, 0.25) is 0 Å². The van der Waals surface area contributed by atoms with E-state index in [1.54, 1.807) is 0 Å². The molecular weight excluding hydrogens is 224 g/mol. The van der Waals surface area contributed by atoms with Crippen molar-refractivity contribution in [2.75, 3.05) is 0 Å². The number of hydrogen-bond donors (Lipinski definition) is 0. The molecule has 0 amide bonds. The third kappa shape index (κ3) is 3.51. The molecule has 2 rings (SSSR count). The van der Waals surface area contributed by atoms with Crippen molar-refractivity contribution in [2.45, 2.75) is 56.6 Å². The van der Waals surface area contributed by atoms with E-state index >= 15 is 0 Å². The molecule has 0 radical (unpaired) electrons. The Kier molecular flexibility index (Phi) is 4.19. The number of rotatable bonds is 2. The van der Waals surface area contributed by atoms with Crippen molar-refractivity contribution >= 4 is 11.8 Å².